The predicted octanol–water partition coefficient (Wildman–Crippen LogP) is 2.90. The van der Waals surface area contributed by atoms with Crippen LogP contribution in [0.2, 0.25) is 0 Å². The maximum atomic E-state index is 12.0. The number of unbranched alkanes of at least 4 members (excludes halogenated alkanes) is 3. The molecule has 4 nitrogen and oxygen atoms in total. The Morgan fingerprint density at radius 3 is 2.60 bits per heavy atom. The van der Waals surface area contributed by atoms with Crippen LogP contribution in [-0.2, 0) is 20.7 Å². The minimum Gasteiger partial charge on any atom is -0.396 e. The van der Waals surface area contributed by atoms with E-state index in [1.165, 1.54) is 0 Å². The van der Waals surface area contributed by atoms with Crippen molar-refractivity contribution in [1.29, 1.82) is 0 Å². The summed E-state index contributed by atoms with van der Waals surface area (Å²) in [6, 6.07) is 6.94. The Labute approximate surface area is 121 Å². The quantitative estimate of drug-likeness (QED) is 0.533. The number of aliphatic hydroxyl groups is 1. The van der Waals surface area contributed by atoms with Gasteiger partial charge in [0, 0.05) is 6.61 Å². The number of hydrogen-bond acceptors (Lipinski definition) is 4. The zero-order valence-corrected chi connectivity index (χ0v) is 12.9. The molecular formula is C15H24O4S. The smallest absolute Gasteiger partial charge is 0.296 e. The third kappa shape index (κ3) is 6.03. The van der Waals surface area contributed by atoms with Crippen molar-refractivity contribution in [3.05, 3.63) is 29.8 Å². The second-order valence-electron chi connectivity index (χ2n) is 4.81. The lowest BCUT2D eigenvalue weighted by atomic mass is 10.1. The molecular weight excluding hydrogens is 276 g/mol. The predicted molar refractivity (Wildman–Crippen MR) is 79.1 cm³/mol. The van der Waals surface area contributed by atoms with Gasteiger partial charge in [-0.3, -0.25) is 4.18 Å². The molecule has 0 heterocycles. The molecule has 0 aromatic heterocycles. The molecule has 0 saturated carbocycles. The summed E-state index contributed by atoms with van der Waals surface area (Å²) in [5.74, 6) is 0. The van der Waals surface area contributed by atoms with Gasteiger partial charge in [0.25, 0.3) is 10.1 Å². The Morgan fingerprint density at radius 2 is 1.90 bits per heavy atom. The topological polar surface area (TPSA) is 63.6 Å². The van der Waals surface area contributed by atoms with E-state index in [2.05, 4.69) is 6.92 Å². The van der Waals surface area contributed by atoms with Crippen LogP contribution < -0.4 is 0 Å². The van der Waals surface area contributed by atoms with Crippen LogP contribution in [0.25, 0.3) is 0 Å². The average molecular weight is 300 g/mol. The van der Waals surface area contributed by atoms with E-state index in [4.69, 9.17) is 9.29 Å². The first-order chi connectivity index (χ1) is 9.60. The van der Waals surface area contributed by atoms with Gasteiger partial charge in [-0.25, -0.2) is 0 Å². The Morgan fingerprint density at radius 1 is 1.15 bits per heavy atom. The van der Waals surface area contributed by atoms with Crippen LogP contribution in [0.15, 0.2) is 29.2 Å². The van der Waals surface area contributed by atoms with Crippen molar-refractivity contribution in [2.45, 2.75) is 50.3 Å². The minimum absolute atomic E-state index is 0.184. The lowest BCUT2D eigenvalue weighted by Crippen LogP contribution is -2.08. The molecule has 0 aliphatic heterocycles. The Kier molecular flexibility index (Phi) is 7.80. The van der Waals surface area contributed by atoms with E-state index in [1.807, 2.05) is 6.07 Å². The SMILES string of the molecule is CCCc1cccc(S(=O)(=O)OCCCCCCO)c1. The van der Waals surface area contributed by atoms with Gasteiger partial charge < -0.3 is 5.11 Å². The van der Waals surface area contributed by atoms with Crippen LogP contribution in [0.5, 0.6) is 0 Å². The highest BCUT2D eigenvalue weighted by atomic mass is 32.2. The molecule has 1 N–H and O–H groups in total. The van der Waals surface area contributed by atoms with Gasteiger partial charge in [0.1, 0.15) is 0 Å². The molecule has 0 unspecified atom stereocenters. The standard InChI is InChI=1S/C15H24O4S/c1-2-8-14-9-7-10-15(13-14)20(17,18)19-12-6-4-3-5-11-16/h7,9-10,13,16H,2-6,8,11-12H2,1H3. The van der Waals surface area contributed by atoms with Gasteiger partial charge in [0.15, 0.2) is 0 Å². The van der Waals surface area contributed by atoms with Crippen LogP contribution in [0.3, 0.4) is 0 Å². The normalized spacial score (nSPS) is 11.7. The number of hydrogen-bond donors (Lipinski definition) is 1. The number of aryl methyl sites for hydroxylation is 1. The van der Waals surface area contributed by atoms with Crippen LogP contribution in [0.1, 0.15) is 44.6 Å². The molecule has 0 radical (unpaired) electrons. The second kappa shape index (κ2) is 9.10. The van der Waals surface area contributed by atoms with Gasteiger partial charge in [-0.2, -0.15) is 8.42 Å². The zero-order valence-electron chi connectivity index (χ0n) is 12.0. The first kappa shape index (κ1) is 17.1. The van der Waals surface area contributed by atoms with E-state index in [0.717, 1.165) is 37.7 Å². The van der Waals surface area contributed by atoms with Crippen molar-refractivity contribution in [3.63, 3.8) is 0 Å². The lowest BCUT2D eigenvalue weighted by molar-refractivity contribution is 0.274. The van der Waals surface area contributed by atoms with E-state index in [9.17, 15) is 8.42 Å². The summed E-state index contributed by atoms with van der Waals surface area (Å²) in [5, 5.41) is 8.64. The third-order valence-electron chi connectivity index (χ3n) is 3.02. The van der Waals surface area contributed by atoms with E-state index >= 15 is 0 Å². The van der Waals surface area contributed by atoms with Crippen LogP contribution in [0, 0.1) is 0 Å². The summed E-state index contributed by atoms with van der Waals surface area (Å²) in [7, 11) is -3.64. The van der Waals surface area contributed by atoms with Crippen molar-refractivity contribution in [3.8, 4) is 0 Å². The monoisotopic (exact) mass is 300 g/mol. The van der Waals surface area contributed by atoms with E-state index in [0.29, 0.717) is 6.42 Å². The summed E-state index contributed by atoms with van der Waals surface area (Å²) in [4.78, 5) is 0.235. The highest BCUT2D eigenvalue weighted by molar-refractivity contribution is 7.86. The molecule has 0 spiro atoms. The molecule has 0 atom stereocenters. The van der Waals surface area contributed by atoms with E-state index in [-0.39, 0.29) is 18.1 Å². The number of rotatable bonds is 10. The molecule has 5 heteroatoms. The molecule has 20 heavy (non-hydrogen) atoms. The van der Waals surface area contributed by atoms with Gasteiger partial charge in [-0.15, -0.1) is 0 Å². The Bertz CT molecular complexity index is 482. The molecule has 0 bridgehead atoms. The first-order valence-corrected chi connectivity index (χ1v) is 8.60. The van der Waals surface area contributed by atoms with Crippen molar-refractivity contribution >= 4 is 10.1 Å². The molecule has 0 amide bonds. The number of benzene rings is 1. The molecule has 0 saturated heterocycles. The van der Waals surface area contributed by atoms with Gasteiger partial charge in [0.05, 0.1) is 11.5 Å². The fourth-order valence-corrected chi connectivity index (χ4v) is 2.96. The van der Waals surface area contributed by atoms with Crippen molar-refractivity contribution in [1.82, 2.24) is 0 Å². The van der Waals surface area contributed by atoms with Crippen molar-refractivity contribution in [2.75, 3.05) is 13.2 Å². The maximum absolute atomic E-state index is 12.0. The molecule has 114 valence electrons. The highest BCUT2D eigenvalue weighted by Gasteiger charge is 2.15. The van der Waals surface area contributed by atoms with Crippen molar-refractivity contribution < 1.29 is 17.7 Å². The summed E-state index contributed by atoms with van der Waals surface area (Å²) in [6.45, 7) is 2.44. The van der Waals surface area contributed by atoms with Crippen LogP contribution in [0.4, 0.5) is 0 Å². The summed E-state index contributed by atoms with van der Waals surface area (Å²) < 4.78 is 29.1. The second-order valence-corrected chi connectivity index (χ2v) is 6.43. The fourth-order valence-electron chi connectivity index (χ4n) is 1.95. The summed E-state index contributed by atoms with van der Waals surface area (Å²) in [6.07, 6.45) is 5.05. The molecule has 0 aliphatic carbocycles. The summed E-state index contributed by atoms with van der Waals surface area (Å²) >= 11 is 0. The van der Waals surface area contributed by atoms with Gasteiger partial charge in [-0.05, 0) is 37.0 Å². The first-order valence-electron chi connectivity index (χ1n) is 7.19. The fraction of sp³-hybridized carbons (Fsp3) is 0.600. The molecule has 0 fully saturated rings. The molecule has 1 rings (SSSR count). The number of aliphatic hydroxyl groups excluding tert-OH is 1. The summed E-state index contributed by atoms with van der Waals surface area (Å²) in [5.41, 5.74) is 1.01. The molecule has 1 aromatic rings. The largest absolute Gasteiger partial charge is 0.396 e. The average Bonchev–Trinajstić information content (AvgIpc) is 2.43. The third-order valence-corrected chi connectivity index (χ3v) is 4.32. The van der Waals surface area contributed by atoms with Crippen molar-refractivity contribution in [2.24, 2.45) is 0 Å². The maximum Gasteiger partial charge on any atom is 0.296 e. The van der Waals surface area contributed by atoms with Gasteiger partial charge >= 0.3 is 0 Å². The van der Waals surface area contributed by atoms with Crippen LogP contribution >= 0.6 is 0 Å². The Hall–Kier alpha value is -0.910. The highest BCUT2D eigenvalue weighted by Crippen LogP contribution is 2.16. The lowest BCUT2D eigenvalue weighted by Gasteiger charge is -2.07. The van der Waals surface area contributed by atoms with E-state index in [1.54, 1.807) is 18.2 Å². The molecule has 0 aliphatic rings. The Balaban J connectivity index is 2.49. The van der Waals surface area contributed by atoms with E-state index < -0.39 is 10.1 Å². The zero-order chi connectivity index (χ0) is 14.8. The molecule has 1 aromatic carbocycles. The van der Waals surface area contributed by atoms with Gasteiger partial charge in [-0.1, -0.05) is 38.3 Å². The van der Waals surface area contributed by atoms with Gasteiger partial charge in [0.2, 0.25) is 0 Å². The minimum atomic E-state index is -3.64. The van der Waals surface area contributed by atoms with Crippen LogP contribution in [-0.4, -0.2) is 26.7 Å².